The predicted molar refractivity (Wildman–Crippen MR) is 75.4 cm³/mol. The molecule has 1 aromatic rings. The van der Waals surface area contributed by atoms with Gasteiger partial charge in [0.25, 0.3) is 0 Å². The Morgan fingerprint density at radius 1 is 1.56 bits per heavy atom. The lowest BCUT2D eigenvalue weighted by Gasteiger charge is -2.15. The first kappa shape index (κ1) is 14.1. The van der Waals surface area contributed by atoms with Crippen LogP contribution in [0.4, 0.5) is 5.82 Å². The highest BCUT2D eigenvalue weighted by Crippen LogP contribution is 2.26. The molecule has 0 aliphatic carbocycles. The summed E-state index contributed by atoms with van der Waals surface area (Å²) in [4.78, 5) is 8.03. The van der Waals surface area contributed by atoms with Crippen LogP contribution in [0, 0.1) is 0 Å². The molecular weight excluding hydrogens is 310 g/mol. The van der Waals surface area contributed by atoms with Gasteiger partial charge in [0.1, 0.15) is 17.3 Å². The molecule has 0 saturated carbocycles. The number of hydrogen-bond acceptors (Lipinski definition) is 4. The smallest absolute Gasteiger partial charge is 0.148 e. The summed E-state index contributed by atoms with van der Waals surface area (Å²) in [6, 6.07) is 0.376. The molecule has 0 aromatic carbocycles. The largest absolute Gasteiger partial charge is 0.367 e. The zero-order valence-electron chi connectivity index (χ0n) is 9.33. The van der Waals surface area contributed by atoms with E-state index in [4.69, 9.17) is 11.6 Å². The van der Waals surface area contributed by atoms with Crippen LogP contribution in [-0.4, -0.2) is 27.5 Å². The number of anilines is 1. The number of nitrogens with zero attached hydrogens (tertiary/aromatic N) is 2. The van der Waals surface area contributed by atoms with Crippen LogP contribution in [0.5, 0.6) is 0 Å². The number of aromatic nitrogens is 2. The minimum absolute atomic E-state index is 0.376. The summed E-state index contributed by atoms with van der Waals surface area (Å²) in [7, 11) is 0. The predicted octanol–water partition coefficient (Wildman–Crippen LogP) is 3.84. The van der Waals surface area contributed by atoms with E-state index in [1.54, 1.807) is 0 Å². The van der Waals surface area contributed by atoms with Gasteiger partial charge in [-0.2, -0.15) is 11.8 Å². The maximum Gasteiger partial charge on any atom is 0.148 e. The van der Waals surface area contributed by atoms with Crippen molar-refractivity contribution in [1.29, 1.82) is 0 Å². The Kier molecular flexibility index (Phi) is 6.46. The third-order valence-corrected chi connectivity index (χ3v) is 4.23. The highest BCUT2D eigenvalue weighted by molar-refractivity contribution is 9.10. The molecule has 90 valence electrons. The average molecular weight is 325 g/mol. The molecule has 6 heteroatoms. The van der Waals surface area contributed by atoms with Gasteiger partial charge >= 0.3 is 0 Å². The zero-order valence-corrected chi connectivity index (χ0v) is 12.5. The van der Waals surface area contributed by atoms with Gasteiger partial charge in [0, 0.05) is 6.04 Å². The molecule has 0 aliphatic heterocycles. The molecule has 0 aliphatic rings. The molecule has 0 spiro atoms. The Morgan fingerprint density at radius 3 is 3.00 bits per heavy atom. The topological polar surface area (TPSA) is 37.8 Å². The highest BCUT2D eigenvalue weighted by atomic mass is 79.9. The average Bonchev–Trinajstić information content (AvgIpc) is 2.25. The van der Waals surface area contributed by atoms with Gasteiger partial charge in [-0.1, -0.05) is 18.5 Å². The number of thioether (sulfide) groups is 1. The Morgan fingerprint density at radius 2 is 2.31 bits per heavy atom. The van der Waals surface area contributed by atoms with Gasteiger partial charge in [0.05, 0.1) is 4.47 Å². The van der Waals surface area contributed by atoms with E-state index in [0.717, 1.165) is 28.2 Å². The van der Waals surface area contributed by atoms with E-state index in [1.165, 1.54) is 6.33 Å². The summed E-state index contributed by atoms with van der Waals surface area (Å²) >= 11 is 11.2. The molecule has 0 saturated heterocycles. The second-order valence-corrected chi connectivity index (χ2v) is 5.90. The standard InChI is InChI=1S/C10H15BrClN3S/c1-3-16-5-4-7(2)15-10-8(11)9(12)13-6-14-10/h6-7H,3-5H2,1-2H3,(H,13,14,15). The normalized spacial score (nSPS) is 12.5. The molecule has 0 bridgehead atoms. The van der Waals surface area contributed by atoms with Crippen molar-refractivity contribution in [3.05, 3.63) is 16.0 Å². The third kappa shape index (κ3) is 4.47. The first-order valence-corrected chi connectivity index (χ1v) is 7.48. The van der Waals surface area contributed by atoms with Gasteiger partial charge in [0.15, 0.2) is 0 Å². The van der Waals surface area contributed by atoms with Gasteiger partial charge in [-0.3, -0.25) is 0 Å². The zero-order chi connectivity index (χ0) is 12.0. The van der Waals surface area contributed by atoms with Gasteiger partial charge in [0.2, 0.25) is 0 Å². The maximum atomic E-state index is 5.88. The van der Waals surface area contributed by atoms with E-state index in [0.29, 0.717) is 11.2 Å². The molecule has 0 radical (unpaired) electrons. The molecule has 1 aromatic heterocycles. The fourth-order valence-electron chi connectivity index (χ4n) is 1.16. The molecule has 1 N–H and O–H groups in total. The highest BCUT2D eigenvalue weighted by Gasteiger charge is 2.09. The van der Waals surface area contributed by atoms with Crippen LogP contribution < -0.4 is 5.32 Å². The van der Waals surface area contributed by atoms with Gasteiger partial charge in [-0.15, -0.1) is 0 Å². The SMILES string of the molecule is CCSCCC(C)Nc1ncnc(Cl)c1Br. The third-order valence-electron chi connectivity index (χ3n) is 2.03. The van der Waals surface area contributed by atoms with Crippen molar-refractivity contribution in [2.24, 2.45) is 0 Å². The van der Waals surface area contributed by atoms with E-state index in [-0.39, 0.29) is 0 Å². The maximum absolute atomic E-state index is 5.88. The van der Waals surface area contributed by atoms with Crippen LogP contribution in [0.1, 0.15) is 20.3 Å². The van der Waals surface area contributed by atoms with Crippen LogP contribution in [0.15, 0.2) is 10.8 Å². The van der Waals surface area contributed by atoms with Crippen molar-refractivity contribution in [3.8, 4) is 0 Å². The number of hydrogen-bond donors (Lipinski definition) is 1. The second kappa shape index (κ2) is 7.35. The molecule has 1 unspecified atom stereocenters. The van der Waals surface area contributed by atoms with Gasteiger partial charge < -0.3 is 5.32 Å². The van der Waals surface area contributed by atoms with Crippen molar-refractivity contribution in [3.63, 3.8) is 0 Å². The van der Waals surface area contributed by atoms with Crippen LogP contribution in [0.2, 0.25) is 5.15 Å². The minimum atomic E-state index is 0.376. The van der Waals surface area contributed by atoms with E-state index in [9.17, 15) is 0 Å². The van der Waals surface area contributed by atoms with Crippen LogP contribution >= 0.6 is 39.3 Å². The number of rotatable bonds is 6. The number of nitrogens with one attached hydrogen (secondary N) is 1. The summed E-state index contributed by atoms with van der Waals surface area (Å²) in [5.74, 6) is 3.07. The van der Waals surface area contributed by atoms with Crippen molar-refractivity contribution in [2.75, 3.05) is 16.8 Å². The van der Waals surface area contributed by atoms with Crippen molar-refractivity contribution < 1.29 is 0 Å². The van der Waals surface area contributed by atoms with E-state index in [1.807, 2.05) is 11.8 Å². The van der Waals surface area contributed by atoms with Crippen molar-refractivity contribution >= 4 is 45.1 Å². The van der Waals surface area contributed by atoms with E-state index >= 15 is 0 Å². The number of halogens is 2. The van der Waals surface area contributed by atoms with Gasteiger partial charge in [-0.05, 0) is 40.8 Å². The fraction of sp³-hybridized carbons (Fsp3) is 0.600. The fourth-order valence-corrected chi connectivity index (χ4v) is 2.42. The minimum Gasteiger partial charge on any atom is -0.367 e. The first-order chi connectivity index (χ1) is 7.65. The second-order valence-electron chi connectivity index (χ2n) is 3.36. The summed E-state index contributed by atoms with van der Waals surface area (Å²) in [6.07, 6.45) is 2.56. The summed E-state index contributed by atoms with van der Waals surface area (Å²) in [6.45, 7) is 4.31. The molecule has 1 atom stereocenters. The Balaban J connectivity index is 2.49. The molecule has 0 amide bonds. The summed E-state index contributed by atoms with van der Waals surface area (Å²) in [5.41, 5.74) is 0. The molecule has 16 heavy (non-hydrogen) atoms. The molecule has 0 fully saturated rings. The summed E-state index contributed by atoms with van der Waals surface area (Å²) in [5, 5.41) is 3.75. The Hall–Kier alpha value is -0.0000000000000000555. The van der Waals surface area contributed by atoms with Crippen LogP contribution in [0.25, 0.3) is 0 Å². The lowest BCUT2D eigenvalue weighted by Crippen LogP contribution is -2.17. The summed E-state index contributed by atoms with van der Waals surface area (Å²) < 4.78 is 0.728. The quantitative estimate of drug-likeness (QED) is 0.637. The molecule has 1 rings (SSSR count). The molecule has 3 nitrogen and oxygen atoms in total. The van der Waals surface area contributed by atoms with E-state index < -0.39 is 0 Å². The van der Waals surface area contributed by atoms with Crippen molar-refractivity contribution in [1.82, 2.24) is 9.97 Å². The molecular formula is C10H15BrClN3S. The Bertz CT molecular complexity index is 338. The molecule has 1 heterocycles. The van der Waals surface area contributed by atoms with Crippen LogP contribution in [0.3, 0.4) is 0 Å². The Labute approximate surface area is 114 Å². The van der Waals surface area contributed by atoms with Gasteiger partial charge in [-0.25, -0.2) is 9.97 Å². The monoisotopic (exact) mass is 323 g/mol. The lowest BCUT2D eigenvalue weighted by atomic mass is 10.2. The van der Waals surface area contributed by atoms with E-state index in [2.05, 4.69) is 45.1 Å². The first-order valence-electron chi connectivity index (χ1n) is 5.15. The lowest BCUT2D eigenvalue weighted by molar-refractivity contribution is 0.764. The van der Waals surface area contributed by atoms with Crippen LogP contribution in [-0.2, 0) is 0 Å². The van der Waals surface area contributed by atoms with Crippen molar-refractivity contribution in [2.45, 2.75) is 26.3 Å².